The average molecular weight is 556 g/mol. The van der Waals surface area contributed by atoms with Crippen molar-refractivity contribution in [3.8, 4) is 0 Å². The zero-order chi connectivity index (χ0) is 29.0. The third-order valence-corrected chi connectivity index (χ3v) is 7.73. The summed E-state index contributed by atoms with van der Waals surface area (Å²) in [5.74, 6) is -0.594. The minimum absolute atomic E-state index is 0.363. The standard InChI is InChI=1S/C33H65NO5/c1-3-5-7-9-11-12-13-14-15-16-17-18-19-21-23-25-27-31(37)33(39)34-29(28-35)32(38)30(36)26-24-22-20-10-8-6-4-2/h14-15,29-32,35-38H,3-13,16-28H2,1-2H3,(H,34,39)/b15-14-. The van der Waals surface area contributed by atoms with Gasteiger partial charge in [-0.05, 0) is 38.5 Å². The fourth-order valence-corrected chi connectivity index (χ4v) is 4.98. The smallest absolute Gasteiger partial charge is 0.249 e. The van der Waals surface area contributed by atoms with Crippen LogP contribution in [0.1, 0.15) is 162 Å². The molecule has 0 aromatic carbocycles. The highest BCUT2D eigenvalue weighted by atomic mass is 16.3. The summed E-state index contributed by atoms with van der Waals surface area (Å²) in [6.07, 6.45) is 26.7. The third-order valence-electron chi connectivity index (χ3n) is 7.73. The quantitative estimate of drug-likeness (QED) is 0.0499. The van der Waals surface area contributed by atoms with E-state index in [9.17, 15) is 25.2 Å². The molecule has 0 fully saturated rings. The van der Waals surface area contributed by atoms with Gasteiger partial charge in [0.05, 0.1) is 18.8 Å². The number of rotatable bonds is 29. The Balaban J connectivity index is 3.83. The van der Waals surface area contributed by atoms with Gasteiger partial charge in [0.15, 0.2) is 0 Å². The van der Waals surface area contributed by atoms with E-state index in [-0.39, 0.29) is 0 Å². The molecule has 6 nitrogen and oxygen atoms in total. The Morgan fingerprint density at radius 2 is 1.03 bits per heavy atom. The van der Waals surface area contributed by atoms with Crippen LogP contribution < -0.4 is 5.32 Å². The zero-order valence-corrected chi connectivity index (χ0v) is 25.6. The second-order valence-electron chi connectivity index (χ2n) is 11.5. The zero-order valence-electron chi connectivity index (χ0n) is 25.6. The van der Waals surface area contributed by atoms with Crippen LogP contribution in [0.3, 0.4) is 0 Å². The number of aliphatic hydroxyl groups excluding tert-OH is 4. The maximum atomic E-state index is 12.3. The summed E-state index contributed by atoms with van der Waals surface area (Å²) in [5, 5.41) is 43.0. The van der Waals surface area contributed by atoms with E-state index in [1.54, 1.807) is 0 Å². The predicted molar refractivity (Wildman–Crippen MR) is 164 cm³/mol. The van der Waals surface area contributed by atoms with Crippen molar-refractivity contribution in [1.82, 2.24) is 5.32 Å². The Morgan fingerprint density at radius 1 is 0.615 bits per heavy atom. The summed E-state index contributed by atoms with van der Waals surface area (Å²) in [7, 11) is 0. The van der Waals surface area contributed by atoms with Gasteiger partial charge in [-0.2, -0.15) is 0 Å². The lowest BCUT2D eigenvalue weighted by Crippen LogP contribution is -2.53. The molecule has 0 spiro atoms. The molecule has 4 unspecified atom stereocenters. The number of aliphatic hydroxyl groups is 4. The molecule has 0 aliphatic heterocycles. The fraction of sp³-hybridized carbons (Fsp3) is 0.909. The Kier molecular flexibility index (Phi) is 27.9. The monoisotopic (exact) mass is 555 g/mol. The number of carbonyl (C=O) groups is 1. The minimum atomic E-state index is -1.25. The average Bonchev–Trinajstić information content (AvgIpc) is 2.94. The Morgan fingerprint density at radius 3 is 1.49 bits per heavy atom. The van der Waals surface area contributed by atoms with Crippen LogP contribution in [-0.2, 0) is 4.79 Å². The van der Waals surface area contributed by atoms with E-state index >= 15 is 0 Å². The van der Waals surface area contributed by atoms with Crippen LogP contribution in [-0.4, -0.2) is 57.3 Å². The predicted octanol–water partition coefficient (Wildman–Crippen LogP) is 7.11. The summed E-state index contributed by atoms with van der Waals surface area (Å²) < 4.78 is 0. The fourth-order valence-electron chi connectivity index (χ4n) is 4.98. The maximum absolute atomic E-state index is 12.3. The van der Waals surface area contributed by atoms with Crippen LogP contribution in [0.5, 0.6) is 0 Å². The van der Waals surface area contributed by atoms with E-state index in [1.165, 1.54) is 89.9 Å². The molecule has 0 saturated carbocycles. The van der Waals surface area contributed by atoms with E-state index in [4.69, 9.17) is 0 Å². The molecule has 0 aromatic heterocycles. The summed E-state index contributed by atoms with van der Waals surface area (Å²) >= 11 is 0. The number of hydrogen-bond acceptors (Lipinski definition) is 5. The van der Waals surface area contributed by atoms with Gasteiger partial charge in [-0.3, -0.25) is 4.79 Å². The normalized spacial score (nSPS) is 14.9. The molecule has 0 aliphatic rings. The van der Waals surface area contributed by atoms with Crippen molar-refractivity contribution in [2.75, 3.05) is 6.61 Å². The highest BCUT2D eigenvalue weighted by molar-refractivity contribution is 5.80. The van der Waals surface area contributed by atoms with E-state index < -0.39 is 36.9 Å². The van der Waals surface area contributed by atoms with E-state index in [0.29, 0.717) is 12.8 Å². The molecule has 5 N–H and O–H groups in total. The van der Waals surface area contributed by atoms with Gasteiger partial charge in [-0.1, -0.05) is 135 Å². The number of nitrogens with one attached hydrogen (secondary N) is 1. The highest BCUT2D eigenvalue weighted by Crippen LogP contribution is 2.14. The number of hydrogen-bond donors (Lipinski definition) is 5. The molecule has 0 saturated heterocycles. The van der Waals surface area contributed by atoms with Crippen LogP contribution in [0.2, 0.25) is 0 Å². The Hall–Kier alpha value is -0.950. The van der Waals surface area contributed by atoms with Crippen molar-refractivity contribution in [2.24, 2.45) is 0 Å². The van der Waals surface area contributed by atoms with Crippen molar-refractivity contribution in [2.45, 2.75) is 186 Å². The molecule has 0 bridgehead atoms. The second kappa shape index (κ2) is 28.6. The summed E-state index contributed by atoms with van der Waals surface area (Å²) in [6.45, 7) is 3.96. The van der Waals surface area contributed by atoms with Gasteiger partial charge in [0, 0.05) is 0 Å². The largest absolute Gasteiger partial charge is 0.394 e. The van der Waals surface area contributed by atoms with Gasteiger partial charge in [-0.15, -0.1) is 0 Å². The summed E-state index contributed by atoms with van der Waals surface area (Å²) in [5.41, 5.74) is 0. The highest BCUT2D eigenvalue weighted by Gasteiger charge is 2.28. The van der Waals surface area contributed by atoms with Gasteiger partial charge < -0.3 is 25.7 Å². The van der Waals surface area contributed by atoms with E-state index in [1.807, 2.05) is 0 Å². The first-order chi connectivity index (χ1) is 19.0. The molecular formula is C33H65NO5. The van der Waals surface area contributed by atoms with Gasteiger partial charge >= 0.3 is 0 Å². The second-order valence-corrected chi connectivity index (χ2v) is 11.5. The van der Waals surface area contributed by atoms with Gasteiger partial charge in [0.2, 0.25) is 5.91 Å². The lowest BCUT2D eigenvalue weighted by Gasteiger charge is -2.27. The first kappa shape index (κ1) is 38.0. The van der Waals surface area contributed by atoms with Gasteiger partial charge in [0.1, 0.15) is 12.2 Å². The lowest BCUT2D eigenvalue weighted by molar-refractivity contribution is -0.132. The molecule has 4 atom stereocenters. The van der Waals surface area contributed by atoms with Crippen molar-refractivity contribution in [3.63, 3.8) is 0 Å². The molecule has 0 aromatic rings. The van der Waals surface area contributed by atoms with E-state index in [2.05, 4.69) is 31.3 Å². The first-order valence-corrected chi connectivity index (χ1v) is 16.6. The van der Waals surface area contributed by atoms with Crippen LogP contribution in [0, 0.1) is 0 Å². The number of unbranched alkanes of at least 4 members (excludes halogenated alkanes) is 18. The van der Waals surface area contributed by atoms with E-state index in [0.717, 1.165) is 44.9 Å². The summed E-state index contributed by atoms with van der Waals surface area (Å²) in [4.78, 5) is 12.3. The minimum Gasteiger partial charge on any atom is -0.394 e. The molecule has 232 valence electrons. The Labute approximate surface area is 241 Å². The first-order valence-electron chi connectivity index (χ1n) is 16.6. The van der Waals surface area contributed by atoms with Crippen molar-refractivity contribution < 1.29 is 25.2 Å². The number of allylic oxidation sites excluding steroid dienone is 2. The number of carbonyl (C=O) groups excluding carboxylic acids is 1. The van der Waals surface area contributed by atoms with Crippen molar-refractivity contribution in [1.29, 1.82) is 0 Å². The molecular weight excluding hydrogens is 490 g/mol. The SMILES string of the molecule is CCCCCCCC/C=C\CCCCCCCCC(O)C(=O)NC(CO)C(O)C(O)CCCCCCCCC. The van der Waals surface area contributed by atoms with Crippen LogP contribution in [0.15, 0.2) is 12.2 Å². The topological polar surface area (TPSA) is 110 Å². The molecule has 39 heavy (non-hydrogen) atoms. The maximum Gasteiger partial charge on any atom is 0.249 e. The summed E-state index contributed by atoms with van der Waals surface area (Å²) in [6, 6.07) is -0.980. The molecule has 0 rings (SSSR count). The molecule has 0 aliphatic carbocycles. The number of amides is 1. The molecule has 1 amide bonds. The lowest BCUT2D eigenvalue weighted by atomic mass is 9.99. The molecule has 0 radical (unpaired) electrons. The Bertz CT molecular complexity index is 556. The van der Waals surface area contributed by atoms with Gasteiger partial charge in [-0.25, -0.2) is 0 Å². The molecule has 6 heteroatoms. The van der Waals surface area contributed by atoms with Crippen LogP contribution in [0.25, 0.3) is 0 Å². The third kappa shape index (κ3) is 23.5. The molecule has 0 heterocycles. The van der Waals surface area contributed by atoms with Crippen LogP contribution in [0.4, 0.5) is 0 Å². The van der Waals surface area contributed by atoms with Gasteiger partial charge in [0.25, 0.3) is 0 Å². The van der Waals surface area contributed by atoms with Crippen molar-refractivity contribution in [3.05, 3.63) is 12.2 Å². The van der Waals surface area contributed by atoms with Crippen molar-refractivity contribution >= 4 is 5.91 Å². The van der Waals surface area contributed by atoms with Crippen LogP contribution >= 0.6 is 0 Å².